The molecule has 0 unspecified atom stereocenters. The van der Waals surface area contributed by atoms with E-state index in [0.717, 1.165) is 18.3 Å². The Hall–Kier alpha value is -1.62. The average Bonchev–Trinajstić information content (AvgIpc) is 2.54. The molecule has 0 amide bonds. The largest absolute Gasteiger partial charge is 0.410 e. The standard InChI is InChI=1S/C19H31N3O2Si/c1-19(2,3)25(4,5)24-18(16-11-7-6-8-12-16)15-17(21-22-20)13-9-10-14-23/h6-8,11-12,14,17-18H,9-10,13,15H2,1-5H3/t17-,18-/m0/s1. The summed E-state index contributed by atoms with van der Waals surface area (Å²) >= 11 is 0. The van der Waals surface area contributed by atoms with Crippen molar-refractivity contribution in [2.45, 2.75) is 76.7 Å². The summed E-state index contributed by atoms with van der Waals surface area (Å²) in [6.07, 6.45) is 3.37. The highest BCUT2D eigenvalue weighted by atomic mass is 28.4. The van der Waals surface area contributed by atoms with Gasteiger partial charge in [0.25, 0.3) is 0 Å². The first-order valence-electron chi connectivity index (χ1n) is 8.92. The second-order valence-corrected chi connectivity index (χ2v) is 12.7. The van der Waals surface area contributed by atoms with Crippen LogP contribution in [-0.4, -0.2) is 20.6 Å². The van der Waals surface area contributed by atoms with Crippen molar-refractivity contribution >= 4 is 14.6 Å². The zero-order valence-corrected chi connectivity index (χ0v) is 17.1. The lowest BCUT2D eigenvalue weighted by molar-refractivity contribution is -0.107. The highest BCUT2D eigenvalue weighted by Crippen LogP contribution is 2.41. The molecular weight excluding hydrogens is 330 g/mol. The quantitative estimate of drug-likeness (QED) is 0.124. The lowest BCUT2D eigenvalue weighted by Crippen LogP contribution is -2.42. The molecule has 6 heteroatoms. The third-order valence-corrected chi connectivity index (χ3v) is 9.46. The fourth-order valence-corrected chi connectivity index (χ4v) is 3.73. The summed E-state index contributed by atoms with van der Waals surface area (Å²) in [7, 11) is -1.97. The molecule has 0 saturated carbocycles. The Morgan fingerprint density at radius 3 is 2.44 bits per heavy atom. The van der Waals surface area contributed by atoms with Crippen LogP contribution in [0.15, 0.2) is 35.4 Å². The SMILES string of the molecule is CC(C)(C)[Si](C)(C)O[C@@H](C[C@H](CCCC=O)N=[N+]=[N-])c1ccccc1. The summed E-state index contributed by atoms with van der Waals surface area (Å²) in [5.74, 6) is 0. The van der Waals surface area contributed by atoms with Crippen molar-refractivity contribution in [2.75, 3.05) is 0 Å². The highest BCUT2D eigenvalue weighted by molar-refractivity contribution is 6.74. The minimum absolute atomic E-state index is 0.103. The van der Waals surface area contributed by atoms with Crippen LogP contribution in [0.3, 0.4) is 0 Å². The van der Waals surface area contributed by atoms with Crippen LogP contribution in [0.5, 0.6) is 0 Å². The van der Waals surface area contributed by atoms with E-state index in [1.807, 2.05) is 18.2 Å². The molecule has 0 N–H and O–H groups in total. The number of carbonyl (C=O) groups is 1. The lowest BCUT2D eigenvalue weighted by atomic mass is 9.99. The van der Waals surface area contributed by atoms with Gasteiger partial charge in [0.2, 0.25) is 0 Å². The van der Waals surface area contributed by atoms with Crippen molar-refractivity contribution in [2.24, 2.45) is 5.11 Å². The molecule has 0 aliphatic rings. The maximum atomic E-state index is 10.6. The topological polar surface area (TPSA) is 75.1 Å². The molecule has 1 aromatic carbocycles. The van der Waals surface area contributed by atoms with E-state index in [0.29, 0.717) is 19.3 Å². The molecule has 0 radical (unpaired) electrons. The van der Waals surface area contributed by atoms with Gasteiger partial charge in [0, 0.05) is 17.4 Å². The Kier molecular flexibility index (Phi) is 8.36. The molecule has 5 nitrogen and oxygen atoms in total. The van der Waals surface area contributed by atoms with Crippen molar-refractivity contribution < 1.29 is 9.22 Å². The number of aldehydes is 1. The van der Waals surface area contributed by atoms with Crippen molar-refractivity contribution in [1.82, 2.24) is 0 Å². The summed E-state index contributed by atoms with van der Waals surface area (Å²) in [5.41, 5.74) is 10.0. The number of unbranched alkanes of at least 4 members (excludes halogenated alkanes) is 1. The normalized spacial score (nSPS) is 14.4. The molecule has 0 heterocycles. The summed E-state index contributed by atoms with van der Waals surface area (Å²) in [6.45, 7) is 11.1. The average molecular weight is 362 g/mol. The summed E-state index contributed by atoms with van der Waals surface area (Å²) < 4.78 is 6.66. The molecule has 0 saturated heterocycles. The van der Waals surface area contributed by atoms with E-state index in [2.05, 4.69) is 56.0 Å². The summed E-state index contributed by atoms with van der Waals surface area (Å²) in [6, 6.07) is 9.97. The molecule has 2 atom stereocenters. The highest BCUT2D eigenvalue weighted by Gasteiger charge is 2.39. The second-order valence-electron chi connectivity index (χ2n) is 7.97. The van der Waals surface area contributed by atoms with Gasteiger partial charge in [-0.1, -0.05) is 56.2 Å². The van der Waals surface area contributed by atoms with Crippen molar-refractivity contribution in [3.63, 3.8) is 0 Å². The van der Waals surface area contributed by atoms with Gasteiger partial charge in [-0.15, -0.1) is 0 Å². The van der Waals surface area contributed by atoms with E-state index in [9.17, 15) is 4.79 Å². The van der Waals surface area contributed by atoms with Gasteiger partial charge in [0.15, 0.2) is 8.32 Å². The van der Waals surface area contributed by atoms with Gasteiger partial charge in [-0.25, -0.2) is 0 Å². The molecule has 1 aromatic rings. The Morgan fingerprint density at radius 1 is 1.28 bits per heavy atom. The summed E-state index contributed by atoms with van der Waals surface area (Å²) in [4.78, 5) is 13.6. The van der Waals surface area contributed by atoms with Gasteiger partial charge < -0.3 is 9.22 Å². The smallest absolute Gasteiger partial charge is 0.192 e. The number of carbonyl (C=O) groups excluding carboxylic acids is 1. The van der Waals surface area contributed by atoms with Crippen LogP contribution in [0.25, 0.3) is 10.4 Å². The van der Waals surface area contributed by atoms with Gasteiger partial charge in [-0.05, 0) is 48.5 Å². The van der Waals surface area contributed by atoms with Gasteiger partial charge >= 0.3 is 0 Å². The van der Waals surface area contributed by atoms with Gasteiger partial charge in [0.1, 0.15) is 6.29 Å². The molecular formula is C19H31N3O2Si. The number of hydrogen-bond donors (Lipinski definition) is 0. The minimum atomic E-state index is -1.97. The van der Waals surface area contributed by atoms with Crippen molar-refractivity contribution in [3.05, 3.63) is 46.3 Å². The molecule has 0 aromatic heterocycles. The minimum Gasteiger partial charge on any atom is -0.410 e. The fraction of sp³-hybridized carbons (Fsp3) is 0.632. The van der Waals surface area contributed by atoms with Gasteiger partial charge in [-0.3, -0.25) is 0 Å². The Bertz CT molecular complexity index is 578. The predicted octanol–water partition coefficient (Wildman–Crippen LogP) is 6.19. The number of azide groups is 1. The van der Waals surface area contributed by atoms with E-state index in [1.54, 1.807) is 0 Å². The van der Waals surface area contributed by atoms with Crippen LogP contribution in [0.4, 0.5) is 0 Å². The van der Waals surface area contributed by atoms with E-state index >= 15 is 0 Å². The predicted molar refractivity (Wildman–Crippen MR) is 105 cm³/mol. The molecule has 0 spiro atoms. The van der Waals surface area contributed by atoms with Gasteiger partial charge in [-0.2, -0.15) is 0 Å². The Morgan fingerprint density at radius 2 is 1.92 bits per heavy atom. The maximum absolute atomic E-state index is 10.6. The van der Waals surface area contributed by atoms with Crippen LogP contribution in [0.2, 0.25) is 18.1 Å². The first-order valence-corrected chi connectivity index (χ1v) is 11.8. The van der Waals surface area contributed by atoms with E-state index in [4.69, 9.17) is 9.96 Å². The molecule has 0 aliphatic heterocycles. The Balaban J connectivity index is 3.01. The van der Waals surface area contributed by atoms with E-state index in [-0.39, 0.29) is 17.2 Å². The maximum Gasteiger partial charge on any atom is 0.192 e. The third-order valence-electron chi connectivity index (χ3n) is 4.97. The number of nitrogens with zero attached hydrogens (tertiary/aromatic N) is 3. The number of rotatable bonds is 10. The fourth-order valence-electron chi connectivity index (χ4n) is 2.43. The first-order chi connectivity index (χ1) is 11.7. The molecule has 0 bridgehead atoms. The second kappa shape index (κ2) is 9.75. The van der Waals surface area contributed by atoms with E-state index < -0.39 is 8.32 Å². The van der Waals surface area contributed by atoms with Gasteiger partial charge in [0.05, 0.1) is 6.10 Å². The summed E-state index contributed by atoms with van der Waals surface area (Å²) in [5, 5.41) is 4.06. The lowest BCUT2D eigenvalue weighted by Gasteiger charge is -2.40. The monoisotopic (exact) mass is 361 g/mol. The molecule has 1 rings (SSSR count). The number of hydrogen-bond acceptors (Lipinski definition) is 3. The van der Waals surface area contributed by atoms with Crippen molar-refractivity contribution in [1.29, 1.82) is 0 Å². The van der Waals surface area contributed by atoms with Crippen LogP contribution in [0.1, 0.15) is 58.1 Å². The molecule has 0 aliphatic carbocycles. The van der Waals surface area contributed by atoms with E-state index in [1.165, 1.54) is 0 Å². The molecule has 25 heavy (non-hydrogen) atoms. The van der Waals surface area contributed by atoms with Crippen molar-refractivity contribution in [3.8, 4) is 0 Å². The zero-order chi connectivity index (χ0) is 18.9. The van der Waals surface area contributed by atoms with Crippen LogP contribution in [-0.2, 0) is 9.22 Å². The first kappa shape index (κ1) is 21.4. The van der Waals surface area contributed by atoms with Crippen LogP contribution >= 0.6 is 0 Å². The zero-order valence-electron chi connectivity index (χ0n) is 16.1. The number of benzene rings is 1. The molecule has 0 fully saturated rings. The van der Waals surface area contributed by atoms with Crippen LogP contribution in [0, 0.1) is 0 Å². The molecule has 138 valence electrons. The van der Waals surface area contributed by atoms with Crippen LogP contribution < -0.4 is 0 Å². The Labute approximate surface area is 152 Å². The third kappa shape index (κ3) is 7.02.